The summed E-state index contributed by atoms with van der Waals surface area (Å²) >= 11 is 0. The Morgan fingerprint density at radius 2 is 2.17 bits per heavy atom. The molecule has 2 rings (SSSR count). The number of aromatic nitrogens is 1. The molecule has 0 aromatic carbocycles. The number of pyridine rings is 1. The molecule has 98 valence electrons. The smallest absolute Gasteiger partial charge is 0.248 e. The largest absolute Gasteiger partial charge is 0.394 e. The van der Waals surface area contributed by atoms with Crippen LogP contribution in [0.1, 0.15) is 22.2 Å². The van der Waals surface area contributed by atoms with Crippen LogP contribution in [0.5, 0.6) is 0 Å². The Morgan fingerprint density at radius 1 is 1.44 bits per heavy atom. The Kier molecular flexibility index (Phi) is 3.58. The monoisotopic (exact) mass is 254 g/mol. The van der Waals surface area contributed by atoms with Crippen LogP contribution in [0, 0.1) is 0 Å². The first kappa shape index (κ1) is 12.9. The molecule has 0 bridgehead atoms. The molecule has 1 saturated heterocycles. The quantitative estimate of drug-likeness (QED) is 0.511. The van der Waals surface area contributed by atoms with Gasteiger partial charge in [-0.2, -0.15) is 0 Å². The SMILES string of the molecule is NC(=O)c1ccnc(C2OC(CO)C(O)C2O)c1. The highest BCUT2D eigenvalue weighted by Crippen LogP contribution is 2.32. The predicted molar refractivity (Wildman–Crippen MR) is 59.5 cm³/mol. The summed E-state index contributed by atoms with van der Waals surface area (Å²) in [5.74, 6) is -0.620. The van der Waals surface area contributed by atoms with E-state index in [9.17, 15) is 15.0 Å². The summed E-state index contributed by atoms with van der Waals surface area (Å²) in [4.78, 5) is 15.0. The summed E-state index contributed by atoms with van der Waals surface area (Å²) in [6, 6.07) is 2.83. The van der Waals surface area contributed by atoms with Gasteiger partial charge in [0.05, 0.1) is 12.3 Å². The topological polar surface area (TPSA) is 126 Å². The van der Waals surface area contributed by atoms with Gasteiger partial charge in [-0.15, -0.1) is 0 Å². The number of aliphatic hydroxyl groups excluding tert-OH is 3. The van der Waals surface area contributed by atoms with Crippen molar-refractivity contribution < 1.29 is 24.9 Å². The van der Waals surface area contributed by atoms with Crippen molar-refractivity contribution in [3.63, 3.8) is 0 Å². The van der Waals surface area contributed by atoms with E-state index in [4.69, 9.17) is 15.6 Å². The Balaban J connectivity index is 2.27. The molecule has 1 aromatic heterocycles. The van der Waals surface area contributed by atoms with Crippen molar-refractivity contribution in [2.75, 3.05) is 6.61 Å². The standard InChI is InChI=1S/C11H14N2O5/c12-11(17)5-1-2-13-6(3-5)10-9(16)8(15)7(4-14)18-10/h1-3,7-10,14-16H,4H2,(H2,12,17). The molecule has 7 nitrogen and oxygen atoms in total. The molecule has 4 atom stereocenters. The second-order valence-corrected chi connectivity index (χ2v) is 4.09. The number of nitrogens with two attached hydrogens (primary N) is 1. The van der Waals surface area contributed by atoms with Gasteiger partial charge >= 0.3 is 0 Å². The average molecular weight is 254 g/mol. The lowest BCUT2D eigenvalue weighted by Gasteiger charge is -2.14. The molecule has 2 heterocycles. The van der Waals surface area contributed by atoms with Crippen LogP contribution in [0.15, 0.2) is 18.3 Å². The van der Waals surface area contributed by atoms with Crippen molar-refractivity contribution in [3.05, 3.63) is 29.6 Å². The van der Waals surface area contributed by atoms with Crippen LogP contribution < -0.4 is 5.73 Å². The molecule has 0 spiro atoms. The van der Waals surface area contributed by atoms with Gasteiger partial charge in [0.15, 0.2) is 0 Å². The summed E-state index contributed by atoms with van der Waals surface area (Å²) in [7, 11) is 0. The molecule has 1 aliphatic rings. The van der Waals surface area contributed by atoms with E-state index in [1.807, 2.05) is 0 Å². The van der Waals surface area contributed by atoms with Crippen LogP contribution in [0.3, 0.4) is 0 Å². The lowest BCUT2D eigenvalue weighted by atomic mass is 10.0. The van der Waals surface area contributed by atoms with Gasteiger partial charge in [0, 0.05) is 11.8 Å². The number of carbonyl (C=O) groups excluding carboxylic acids is 1. The van der Waals surface area contributed by atoms with Crippen molar-refractivity contribution in [3.8, 4) is 0 Å². The van der Waals surface area contributed by atoms with Crippen LogP contribution in [-0.4, -0.2) is 51.1 Å². The summed E-state index contributed by atoms with van der Waals surface area (Å²) in [6.45, 7) is -0.412. The van der Waals surface area contributed by atoms with E-state index in [2.05, 4.69) is 4.98 Å². The molecule has 1 aromatic rings. The first-order chi connectivity index (χ1) is 8.54. The molecule has 5 N–H and O–H groups in total. The van der Waals surface area contributed by atoms with E-state index in [1.165, 1.54) is 18.3 Å². The van der Waals surface area contributed by atoms with Crippen molar-refractivity contribution in [1.82, 2.24) is 4.98 Å². The molecule has 1 amide bonds. The van der Waals surface area contributed by atoms with E-state index in [1.54, 1.807) is 0 Å². The minimum atomic E-state index is -1.21. The number of carbonyl (C=O) groups is 1. The molecule has 0 saturated carbocycles. The number of hydrogen-bond acceptors (Lipinski definition) is 6. The summed E-state index contributed by atoms with van der Waals surface area (Å²) in [5, 5.41) is 28.4. The summed E-state index contributed by atoms with van der Waals surface area (Å²) in [5.41, 5.74) is 5.66. The molecule has 7 heteroatoms. The number of aliphatic hydroxyl groups is 3. The Bertz CT molecular complexity index is 453. The Labute approximate surface area is 103 Å². The van der Waals surface area contributed by atoms with Gasteiger partial charge in [-0.25, -0.2) is 0 Å². The van der Waals surface area contributed by atoms with Crippen LogP contribution in [0.25, 0.3) is 0 Å². The summed E-state index contributed by atoms with van der Waals surface area (Å²) < 4.78 is 5.29. The van der Waals surface area contributed by atoms with Crippen LogP contribution in [-0.2, 0) is 4.74 Å². The molecular formula is C11H14N2O5. The highest BCUT2D eigenvalue weighted by molar-refractivity contribution is 5.92. The molecule has 18 heavy (non-hydrogen) atoms. The third-order valence-corrected chi connectivity index (χ3v) is 2.90. The van der Waals surface area contributed by atoms with Crippen molar-refractivity contribution in [1.29, 1.82) is 0 Å². The minimum absolute atomic E-state index is 0.234. The zero-order valence-electron chi connectivity index (χ0n) is 9.43. The van der Waals surface area contributed by atoms with Gasteiger partial charge in [0.1, 0.15) is 24.4 Å². The van der Waals surface area contributed by atoms with Gasteiger partial charge in [-0.3, -0.25) is 9.78 Å². The molecule has 0 radical (unpaired) electrons. The van der Waals surface area contributed by atoms with E-state index in [0.717, 1.165) is 0 Å². The van der Waals surface area contributed by atoms with Gasteiger partial charge < -0.3 is 25.8 Å². The number of ether oxygens (including phenoxy) is 1. The second kappa shape index (κ2) is 4.99. The van der Waals surface area contributed by atoms with Crippen molar-refractivity contribution in [2.45, 2.75) is 24.4 Å². The number of rotatable bonds is 3. The van der Waals surface area contributed by atoms with Gasteiger partial charge in [0.2, 0.25) is 5.91 Å². The Hall–Kier alpha value is -1.54. The molecule has 1 aliphatic heterocycles. The fraction of sp³-hybridized carbons (Fsp3) is 0.455. The first-order valence-electron chi connectivity index (χ1n) is 5.42. The van der Waals surface area contributed by atoms with E-state index < -0.39 is 36.9 Å². The fourth-order valence-corrected chi connectivity index (χ4v) is 1.90. The third-order valence-electron chi connectivity index (χ3n) is 2.90. The maximum atomic E-state index is 11.0. The van der Waals surface area contributed by atoms with Gasteiger partial charge in [-0.1, -0.05) is 0 Å². The van der Waals surface area contributed by atoms with Crippen LogP contribution in [0.4, 0.5) is 0 Å². The molecule has 0 aliphatic carbocycles. The predicted octanol–water partition coefficient (Wildman–Crippen LogP) is -1.67. The minimum Gasteiger partial charge on any atom is -0.394 e. The average Bonchev–Trinajstić information content (AvgIpc) is 2.66. The van der Waals surface area contributed by atoms with Gasteiger partial charge in [-0.05, 0) is 12.1 Å². The van der Waals surface area contributed by atoms with E-state index in [0.29, 0.717) is 0 Å². The Morgan fingerprint density at radius 3 is 2.72 bits per heavy atom. The lowest BCUT2D eigenvalue weighted by molar-refractivity contribution is -0.0239. The number of primary amides is 1. The highest BCUT2D eigenvalue weighted by Gasteiger charge is 2.43. The first-order valence-corrected chi connectivity index (χ1v) is 5.42. The lowest BCUT2D eigenvalue weighted by Crippen LogP contribution is -2.32. The highest BCUT2D eigenvalue weighted by atomic mass is 16.6. The number of amides is 1. The van der Waals surface area contributed by atoms with Crippen molar-refractivity contribution in [2.24, 2.45) is 5.73 Å². The molecular weight excluding hydrogens is 240 g/mol. The molecule has 1 fully saturated rings. The normalized spacial score (nSPS) is 31.5. The van der Waals surface area contributed by atoms with Crippen LogP contribution in [0.2, 0.25) is 0 Å². The van der Waals surface area contributed by atoms with E-state index >= 15 is 0 Å². The maximum absolute atomic E-state index is 11.0. The maximum Gasteiger partial charge on any atom is 0.248 e. The zero-order chi connectivity index (χ0) is 13.3. The summed E-state index contributed by atoms with van der Waals surface area (Å²) in [6.07, 6.45) is -2.80. The van der Waals surface area contributed by atoms with E-state index in [-0.39, 0.29) is 11.3 Å². The zero-order valence-corrected chi connectivity index (χ0v) is 9.43. The molecule has 4 unspecified atom stereocenters. The number of nitrogens with zero attached hydrogens (tertiary/aromatic N) is 1. The third kappa shape index (κ3) is 2.21. The van der Waals surface area contributed by atoms with Gasteiger partial charge in [0.25, 0.3) is 0 Å². The second-order valence-electron chi connectivity index (χ2n) is 4.09. The van der Waals surface area contributed by atoms with Crippen LogP contribution >= 0.6 is 0 Å². The number of hydrogen-bond donors (Lipinski definition) is 4. The van der Waals surface area contributed by atoms with Crippen molar-refractivity contribution >= 4 is 5.91 Å². The fourth-order valence-electron chi connectivity index (χ4n) is 1.90.